The Bertz CT molecular complexity index is 336. The van der Waals surface area contributed by atoms with Crippen LogP contribution in [0.25, 0.3) is 0 Å². The van der Waals surface area contributed by atoms with Gasteiger partial charge in [0.25, 0.3) is 0 Å². The van der Waals surface area contributed by atoms with E-state index in [9.17, 15) is 0 Å². The van der Waals surface area contributed by atoms with Crippen molar-refractivity contribution in [3.8, 4) is 0 Å². The van der Waals surface area contributed by atoms with Gasteiger partial charge in [-0.05, 0) is 32.1 Å². The van der Waals surface area contributed by atoms with Crippen LogP contribution in [-0.4, -0.2) is 64.6 Å². The molecule has 0 rings (SSSR count). The first-order chi connectivity index (χ1) is 15.4. The van der Waals surface area contributed by atoms with Crippen molar-refractivity contribution in [2.24, 2.45) is 0 Å². The molecule has 0 atom stereocenters. The number of allylic oxidation sites excluding steroid dienone is 2. The number of rotatable bonds is 27. The number of ether oxygens (including phenoxy) is 4. The van der Waals surface area contributed by atoms with Crippen LogP contribution in [0.15, 0.2) is 12.2 Å². The topological polar surface area (TPSA) is 57.2 Å². The third-order valence-electron chi connectivity index (χ3n) is 5.15. The van der Waals surface area contributed by atoms with Gasteiger partial charge in [0.05, 0.1) is 52.9 Å². The minimum Gasteiger partial charge on any atom is -0.394 e. The average Bonchev–Trinajstić information content (AvgIpc) is 2.78. The Morgan fingerprint density at radius 1 is 0.452 bits per heavy atom. The van der Waals surface area contributed by atoms with Gasteiger partial charge in [0.1, 0.15) is 0 Å². The van der Waals surface area contributed by atoms with Gasteiger partial charge in [-0.15, -0.1) is 0 Å². The summed E-state index contributed by atoms with van der Waals surface area (Å²) in [6, 6.07) is 0. The largest absolute Gasteiger partial charge is 0.394 e. The number of hydrogen-bond donors (Lipinski definition) is 1. The molecule has 0 radical (unpaired) electrons. The average molecular weight is 445 g/mol. The van der Waals surface area contributed by atoms with Gasteiger partial charge in [0.15, 0.2) is 0 Å². The maximum Gasteiger partial charge on any atom is 0.0701 e. The summed E-state index contributed by atoms with van der Waals surface area (Å²) in [6.45, 7) is 7.02. The molecule has 0 saturated carbocycles. The second kappa shape index (κ2) is 29.5. The second-order valence-corrected chi connectivity index (χ2v) is 8.11. The van der Waals surface area contributed by atoms with Crippen LogP contribution in [0.2, 0.25) is 0 Å². The van der Waals surface area contributed by atoms with Gasteiger partial charge in [0.2, 0.25) is 0 Å². The van der Waals surface area contributed by atoms with Gasteiger partial charge >= 0.3 is 0 Å². The smallest absolute Gasteiger partial charge is 0.0701 e. The lowest BCUT2D eigenvalue weighted by Gasteiger charge is -2.07. The highest BCUT2D eigenvalue weighted by Gasteiger charge is 1.94. The van der Waals surface area contributed by atoms with Gasteiger partial charge in [-0.3, -0.25) is 0 Å². The molecule has 0 aromatic heterocycles. The minimum atomic E-state index is 0.0559. The van der Waals surface area contributed by atoms with Gasteiger partial charge in [-0.2, -0.15) is 0 Å². The Kier molecular flexibility index (Phi) is 29.1. The lowest BCUT2D eigenvalue weighted by molar-refractivity contribution is -0.00577. The van der Waals surface area contributed by atoms with Gasteiger partial charge in [-0.25, -0.2) is 0 Å². The highest BCUT2D eigenvalue weighted by Crippen LogP contribution is 2.10. The van der Waals surface area contributed by atoms with Crippen molar-refractivity contribution < 1.29 is 24.1 Å². The van der Waals surface area contributed by atoms with Crippen LogP contribution in [0.1, 0.15) is 96.8 Å². The van der Waals surface area contributed by atoms with Crippen LogP contribution in [-0.2, 0) is 18.9 Å². The lowest BCUT2D eigenvalue weighted by Crippen LogP contribution is -2.12. The number of unbranched alkanes of at least 4 members (excludes halogenated alkanes) is 12. The molecular formula is C26H52O5. The van der Waals surface area contributed by atoms with Crippen molar-refractivity contribution in [1.82, 2.24) is 0 Å². The van der Waals surface area contributed by atoms with Crippen molar-refractivity contribution in [3.05, 3.63) is 12.2 Å². The van der Waals surface area contributed by atoms with Gasteiger partial charge in [0, 0.05) is 6.61 Å². The summed E-state index contributed by atoms with van der Waals surface area (Å²) in [4.78, 5) is 0. The molecule has 0 saturated heterocycles. The fourth-order valence-corrected chi connectivity index (χ4v) is 3.28. The molecule has 0 heterocycles. The monoisotopic (exact) mass is 444 g/mol. The fourth-order valence-electron chi connectivity index (χ4n) is 3.28. The van der Waals surface area contributed by atoms with E-state index in [1.165, 1.54) is 83.5 Å². The Balaban J connectivity index is 3.04. The maximum atomic E-state index is 8.56. The Morgan fingerprint density at radius 2 is 0.839 bits per heavy atom. The van der Waals surface area contributed by atoms with Crippen molar-refractivity contribution in [2.45, 2.75) is 96.8 Å². The fraction of sp³-hybridized carbons (Fsp3) is 0.923. The molecule has 1 N–H and O–H groups in total. The number of aliphatic hydroxyl groups is 1. The summed E-state index contributed by atoms with van der Waals surface area (Å²) in [5, 5.41) is 8.56. The molecule has 186 valence electrons. The van der Waals surface area contributed by atoms with E-state index in [-0.39, 0.29) is 6.61 Å². The Labute approximate surface area is 192 Å². The Hall–Kier alpha value is -0.460. The van der Waals surface area contributed by atoms with Crippen molar-refractivity contribution in [3.63, 3.8) is 0 Å². The van der Waals surface area contributed by atoms with Gasteiger partial charge < -0.3 is 24.1 Å². The van der Waals surface area contributed by atoms with E-state index in [1.54, 1.807) is 0 Å². The van der Waals surface area contributed by atoms with E-state index in [1.807, 2.05) is 0 Å². The summed E-state index contributed by atoms with van der Waals surface area (Å²) in [5.74, 6) is 0. The zero-order valence-electron chi connectivity index (χ0n) is 20.5. The molecule has 0 aliphatic rings. The highest BCUT2D eigenvalue weighted by molar-refractivity contribution is 4.81. The standard InChI is InChI=1S/C26H52O5/c1-2-3-4-5-6-7-8-9-10-11-12-13-14-15-16-17-19-28-21-23-30-25-26-31-24-22-29-20-18-27/h9-10,27H,2-8,11-26H2,1H3/b10-9+. The molecule has 0 bridgehead atoms. The highest BCUT2D eigenvalue weighted by atomic mass is 16.6. The maximum absolute atomic E-state index is 8.56. The SMILES string of the molecule is CCCCCCCC/C=C/CCCCCCCCOCCOCCOCCOCCO. The summed E-state index contributed by atoms with van der Waals surface area (Å²) in [5.41, 5.74) is 0. The van der Waals surface area contributed by atoms with Crippen LogP contribution in [0.3, 0.4) is 0 Å². The molecule has 0 aliphatic carbocycles. The minimum absolute atomic E-state index is 0.0559. The Morgan fingerprint density at radius 3 is 1.32 bits per heavy atom. The quantitative estimate of drug-likeness (QED) is 0.123. The third kappa shape index (κ3) is 29.5. The summed E-state index contributed by atoms with van der Waals surface area (Å²) in [7, 11) is 0. The molecule has 5 heteroatoms. The van der Waals surface area contributed by atoms with E-state index in [2.05, 4.69) is 19.1 Å². The van der Waals surface area contributed by atoms with E-state index in [0.29, 0.717) is 46.2 Å². The first kappa shape index (κ1) is 30.5. The van der Waals surface area contributed by atoms with Crippen molar-refractivity contribution in [2.75, 3.05) is 59.5 Å². The molecule has 0 fully saturated rings. The van der Waals surface area contributed by atoms with Crippen LogP contribution < -0.4 is 0 Å². The molecule has 0 amide bonds. The molecule has 31 heavy (non-hydrogen) atoms. The first-order valence-electron chi connectivity index (χ1n) is 13.0. The molecular weight excluding hydrogens is 392 g/mol. The van der Waals surface area contributed by atoms with Gasteiger partial charge in [-0.1, -0.05) is 76.9 Å². The lowest BCUT2D eigenvalue weighted by atomic mass is 10.1. The zero-order valence-corrected chi connectivity index (χ0v) is 20.5. The van der Waals surface area contributed by atoms with Crippen LogP contribution in [0.4, 0.5) is 0 Å². The number of aliphatic hydroxyl groups excluding tert-OH is 1. The van der Waals surface area contributed by atoms with E-state index < -0.39 is 0 Å². The predicted molar refractivity (Wildman–Crippen MR) is 130 cm³/mol. The first-order valence-corrected chi connectivity index (χ1v) is 13.0. The van der Waals surface area contributed by atoms with E-state index in [4.69, 9.17) is 24.1 Å². The molecule has 0 unspecified atom stereocenters. The normalized spacial score (nSPS) is 11.7. The summed E-state index contributed by atoms with van der Waals surface area (Å²) >= 11 is 0. The molecule has 0 aliphatic heterocycles. The number of hydrogen-bond acceptors (Lipinski definition) is 5. The molecule has 0 aromatic carbocycles. The second-order valence-electron chi connectivity index (χ2n) is 8.11. The van der Waals surface area contributed by atoms with E-state index in [0.717, 1.165) is 13.0 Å². The molecule has 5 nitrogen and oxygen atoms in total. The summed E-state index contributed by atoms with van der Waals surface area (Å²) < 4.78 is 21.5. The zero-order chi connectivity index (χ0) is 22.5. The third-order valence-corrected chi connectivity index (χ3v) is 5.15. The predicted octanol–water partition coefficient (Wildman–Crippen LogP) is 6.08. The van der Waals surface area contributed by atoms with Crippen molar-refractivity contribution in [1.29, 1.82) is 0 Å². The van der Waals surface area contributed by atoms with Crippen LogP contribution >= 0.6 is 0 Å². The van der Waals surface area contributed by atoms with Crippen LogP contribution in [0.5, 0.6) is 0 Å². The van der Waals surface area contributed by atoms with Crippen LogP contribution in [0, 0.1) is 0 Å². The molecule has 0 spiro atoms. The molecule has 0 aromatic rings. The summed E-state index contributed by atoms with van der Waals surface area (Å²) in [6.07, 6.45) is 23.4. The van der Waals surface area contributed by atoms with E-state index >= 15 is 0 Å². The van der Waals surface area contributed by atoms with Crippen molar-refractivity contribution >= 4 is 0 Å².